The standard InChI is InChI=1S/C11H10BrClN2S/c12-8-5-6-16-11(8)10(15-14)7-3-1-2-4-9(7)13/h1-6,10,15H,14H2. The van der Waals surface area contributed by atoms with Gasteiger partial charge in [-0.25, -0.2) is 5.43 Å². The van der Waals surface area contributed by atoms with Gasteiger partial charge in [-0.15, -0.1) is 11.3 Å². The quantitative estimate of drug-likeness (QED) is 0.669. The molecule has 2 rings (SSSR count). The molecule has 1 aromatic carbocycles. The van der Waals surface area contributed by atoms with Crippen LogP contribution in [0.4, 0.5) is 0 Å². The Balaban J connectivity index is 2.45. The number of hydrazine groups is 1. The van der Waals surface area contributed by atoms with Gasteiger partial charge in [0.05, 0.1) is 6.04 Å². The van der Waals surface area contributed by atoms with E-state index in [-0.39, 0.29) is 6.04 Å². The maximum atomic E-state index is 6.16. The summed E-state index contributed by atoms with van der Waals surface area (Å²) in [6.07, 6.45) is 0. The van der Waals surface area contributed by atoms with E-state index in [1.54, 1.807) is 11.3 Å². The summed E-state index contributed by atoms with van der Waals surface area (Å²) >= 11 is 11.3. The minimum atomic E-state index is -0.0805. The topological polar surface area (TPSA) is 38.0 Å². The molecule has 1 aromatic heterocycles. The summed E-state index contributed by atoms with van der Waals surface area (Å²) < 4.78 is 1.04. The number of benzene rings is 1. The molecule has 2 nitrogen and oxygen atoms in total. The Bertz CT molecular complexity index is 486. The fourth-order valence-electron chi connectivity index (χ4n) is 1.53. The molecule has 0 aliphatic carbocycles. The zero-order valence-corrected chi connectivity index (χ0v) is 11.4. The van der Waals surface area contributed by atoms with Crippen LogP contribution < -0.4 is 11.3 Å². The Morgan fingerprint density at radius 1 is 1.31 bits per heavy atom. The summed E-state index contributed by atoms with van der Waals surface area (Å²) in [5.41, 5.74) is 3.78. The average molecular weight is 318 g/mol. The molecule has 0 bridgehead atoms. The summed E-state index contributed by atoms with van der Waals surface area (Å²) in [6.45, 7) is 0. The van der Waals surface area contributed by atoms with Gasteiger partial charge >= 0.3 is 0 Å². The molecular formula is C11H10BrClN2S. The molecule has 0 fully saturated rings. The first kappa shape index (κ1) is 12.1. The van der Waals surface area contributed by atoms with E-state index in [1.165, 1.54) is 0 Å². The van der Waals surface area contributed by atoms with Gasteiger partial charge in [0.2, 0.25) is 0 Å². The van der Waals surface area contributed by atoms with E-state index in [9.17, 15) is 0 Å². The van der Waals surface area contributed by atoms with Crippen molar-refractivity contribution in [1.82, 2.24) is 5.43 Å². The van der Waals surface area contributed by atoms with E-state index in [4.69, 9.17) is 17.4 Å². The summed E-state index contributed by atoms with van der Waals surface area (Å²) in [5.74, 6) is 5.61. The van der Waals surface area contributed by atoms with Crippen molar-refractivity contribution in [3.63, 3.8) is 0 Å². The predicted molar refractivity (Wildman–Crippen MR) is 72.6 cm³/mol. The molecule has 0 spiro atoms. The van der Waals surface area contributed by atoms with Crippen molar-refractivity contribution in [2.24, 2.45) is 5.84 Å². The lowest BCUT2D eigenvalue weighted by atomic mass is 10.1. The van der Waals surface area contributed by atoms with Crippen LogP contribution in [0.2, 0.25) is 5.02 Å². The summed E-state index contributed by atoms with van der Waals surface area (Å²) in [5, 5.41) is 2.73. The minimum absolute atomic E-state index is 0.0805. The van der Waals surface area contributed by atoms with Crippen molar-refractivity contribution in [2.45, 2.75) is 6.04 Å². The second-order valence-electron chi connectivity index (χ2n) is 3.25. The molecule has 0 amide bonds. The third-order valence-electron chi connectivity index (χ3n) is 2.29. The Morgan fingerprint density at radius 3 is 2.62 bits per heavy atom. The van der Waals surface area contributed by atoms with E-state index in [2.05, 4.69) is 21.4 Å². The number of nitrogens with one attached hydrogen (secondary N) is 1. The third kappa shape index (κ3) is 2.31. The third-order valence-corrected chi connectivity index (χ3v) is 4.57. The highest BCUT2D eigenvalue weighted by Gasteiger charge is 2.18. The molecule has 0 aliphatic rings. The number of hydrogen-bond acceptors (Lipinski definition) is 3. The van der Waals surface area contributed by atoms with Crippen LogP contribution in [0.1, 0.15) is 16.5 Å². The van der Waals surface area contributed by atoms with Crippen LogP contribution in [0.5, 0.6) is 0 Å². The zero-order chi connectivity index (χ0) is 11.5. The molecule has 0 aliphatic heterocycles. The van der Waals surface area contributed by atoms with Crippen LogP contribution in [0, 0.1) is 0 Å². The lowest BCUT2D eigenvalue weighted by Gasteiger charge is -2.16. The van der Waals surface area contributed by atoms with Gasteiger partial charge in [-0.2, -0.15) is 0 Å². The first-order valence-corrected chi connectivity index (χ1v) is 6.72. The van der Waals surface area contributed by atoms with Crippen molar-refractivity contribution < 1.29 is 0 Å². The van der Waals surface area contributed by atoms with Gasteiger partial charge in [0, 0.05) is 14.4 Å². The number of rotatable bonds is 3. The highest BCUT2D eigenvalue weighted by Crippen LogP contribution is 2.35. The van der Waals surface area contributed by atoms with Gasteiger partial charge < -0.3 is 0 Å². The number of nitrogens with two attached hydrogens (primary N) is 1. The molecule has 0 radical (unpaired) electrons. The summed E-state index contributed by atoms with van der Waals surface area (Å²) in [6, 6.07) is 9.61. The van der Waals surface area contributed by atoms with Crippen LogP contribution in [-0.4, -0.2) is 0 Å². The van der Waals surface area contributed by atoms with Crippen LogP contribution in [0.15, 0.2) is 40.2 Å². The van der Waals surface area contributed by atoms with Gasteiger partial charge in [0.15, 0.2) is 0 Å². The molecule has 1 atom stereocenters. The van der Waals surface area contributed by atoms with E-state index in [0.29, 0.717) is 5.02 Å². The minimum Gasteiger partial charge on any atom is -0.271 e. The largest absolute Gasteiger partial charge is 0.271 e. The van der Waals surface area contributed by atoms with Crippen molar-refractivity contribution >= 4 is 38.9 Å². The van der Waals surface area contributed by atoms with Gasteiger partial charge in [-0.1, -0.05) is 29.8 Å². The SMILES string of the molecule is NNC(c1ccccc1Cl)c1sccc1Br. The normalized spacial score (nSPS) is 12.7. The molecule has 84 valence electrons. The van der Waals surface area contributed by atoms with Crippen LogP contribution in [-0.2, 0) is 0 Å². The molecule has 0 saturated heterocycles. The molecular weight excluding hydrogens is 308 g/mol. The Morgan fingerprint density at radius 2 is 2.06 bits per heavy atom. The second-order valence-corrected chi connectivity index (χ2v) is 5.46. The maximum absolute atomic E-state index is 6.16. The van der Waals surface area contributed by atoms with Gasteiger partial charge in [-0.3, -0.25) is 5.84 Å². The summed E-state index contributed by atoms with van der Waals surface area (Å²) in [7, 11) is 0. The van der Waals surface area contributed by atoms with Crippen molar-refractivity contribution in [3.05, 3.63) is 55.6 Å². The lowest BCUT2D eigenvalue weighted by molar-refractivity contribution is 0.645. The van der Waals surface area contributed by atoms with Gasteiger partial charge in [0.1, 0.15) is 0 Å². The Kier molecular flexibility index (Phi) is 4.00. The molecule has 1 heterocycles. The molecule has 16 heavy (non-hydrogen) atoms. The molecule has 5 heteroatoms. The first-order chi connectivity index (χ1) is 7.74. The van der Waals surface area contributed by atoms with Crippen molar-refractivity contribution in [2.75, 3.05) is 0 Å². The van der Waals surface area contributed by atoms with Gasteiger partial charge in [0.25, 0.3) is 0 Å². The molecule has 3 N–H and O–H groups in total. The van der Waals surface area contributed by atoms with Crippen LogP contribution in [0.3, 0.4) is 0 Å². The van der Waals surface area contributed by atoms with E-state index in [0.717, 1.165) is 14.9 Å². The van der Waals surface area contributed by atoms with Crippen molar-refractivity contribution in [1.29, 1.82) is 0 Å². The fraction of sp³-hybridized carbons (Fsp3) is 0.0909. The number of halogens is 2. The number of hydrogen-bond donors (Lipinski definition) is 2. The summed E-state index contributed by atoms with van der Waals surface area (Å²) in [4.78, 5) is 1.12. The fourth-order valence-corrected chi connectivity index (χ4v) is 3.45. The first-order valence-electron chi connectivity index (χ1n) is 4.67. The van der Waals surface area contributed by atoms with Crippen LogP contribution >= 0.6 is 38.9 Å². The predicted octanol–water partition coefficient (Wildman–Crippen LogP) is 3.72. The number of thiophene rings is 1. The average Bonchev–Trinajstić information content (AvgIpc) is 2.69. The Labute approximate surface area is 112 Å². The Hall–Kier alpha value is -0.390. The molecule has 0 saturated carbocycles. The van der Waals surface area contributed by atoms with Crippen molar-refractivity contribution in [3.8, 4) is 0 Å². The highest BCUT2D eigenvalue weighted by atomic mass is 79.9. The molecule has 2 aromatic rings. The lowest BCUT2D eigenvalue weighted by Crippen LogP contribution is -2.28. The monoisotopic (exact) mass is 316 g/mol. The van der Waals surface area contributed by atoms with Gasteiger partial charge in [-0.05, 0) is 39.0 Å². The van der Waals surface area contributed by atoms with Crippen LogP contribution in [0.25, 0.3) is 0 Å². The maximum Gasteiger partial charge on any atom is 0.0828 e. The van der Waals surface area contributed by atoms with E-state index >= 15 is 0 Å². The smallest absolute Gasteiger partial charge is 0.0828 e. The molecule has 1 unspecified atom stereocenters. The second kappa shape index (κ2) is 5.29. The zero-order valence-electron chi connectivity index (χ0n) is 8.28. The van der Waals surface area contributed by atoms with E-state index in [1.807, 2.05) is 35.7 Å². The highest BCUT2D eigenvalue weighted by molar-refractivity contribution is 9.10. The van der Waals surface area contributed by atoms with E-state index < -0.39 is 0 Å².